The number of carbonyl (C=O) groups excluding carboxylic acids is 1. The van der Waals surface area contributed by atoms with Crippen molar-refractivity contribution in [3.8, 4) is 11.3 Å². The van der Waals surface area contributed by atoms with E-state index in [4.69, 9.17) is 0 Å². The van der Waals surface area contributed by atoms with Gasteiger partial charge in [-0.25, -0.2) is 4.79 Å². The van der Waals surface area contributed by atoms with E-state index in [9.17, 15) is 14.7 Å². The molecule has 0 unspecified atom stereocenters. The maximum atomic E-state index is 12.4. The number of H-pyrrole nitrogens is 1. The Kier molecular flexibility index (Phi) is 4.01. The van der Waals surface area contributed by atoms with Gasteiger partial charge in [-0.1, -0.05) is 60.7 Å². The van der Waals surface area contributed by atoms with Crippen LogP contribution >= 0.6 is 0 Å². The van der Waals surface area contributed by atoms with E-state index in [1.807, 2.05) is 36.4 Å². The Morgan fingerprint density at radius 1 is 0.957 bits per heavy atom. The molecule has 3 aromatic rings. The highest BCUT2D eigenvalue weighted by atomic mass is 16.4. The minimum absolute atomic E-state index is 0.0215. The van der Waals surface area contributed by atoms with Gasteiger partial charge in [-0.2, -0.15) is 5.10 Å². The Morgan fingerprint density at radius 2 is 1.57 bits per heavy atom. The van der Waals surface area contributed by atoms with E-state index in [-0.39, 0.29) is 17.9 Å². The number of Topliss-reactive ketones (excluding diaryl/α,β-unsaturated/α-hetero) is 1. The average Bonchev–Trinajstić information content (AvgIpc) is 3.00. The third kappa shape index (κ3) is 3.03. The fraction of sp³-hybridized carbons (Fsp3) is 0.0556. The monoisotopic (exact) mass is 306 g/mol. The summed E-state index contributed by atoms with van der Waals surface area (Å²) in [6, 6.07) is 18.0. The van der Waals surface area contributed by atoms with Crippen molar-refractivity contribution in [2.24, 2.45) is 0 Å². The van der Waals surface area contributed by atoms with Crippen molar-refractivity contribution in [3.05, 3.63) is 77.5 Å². The van der Waals surface area contributed by atoms with Crippen molar-refractivity contribution in [1.29, 1.82) is 0 Å². The number of carboxylic acid groups (broad SMARTS) is 1. The van der Waals surface area contributed by atoms with E-state index in [0.717, 1.165) is 5.56 Å². The summed E-state index contributed by atoms with van der Waals surface area (Å²) in [6.45, 7) is 0. The number of rotatable bonds is 5. The van der Waals surface area contributed by atoms with E-state index >= 15 is 0 Å². The molecule has 0 aliphatic rings. The molecule has 0 aliphatic carbocycles. The largest absolute Gasteiger partial charge is 0.477 e. The number of hydrogen-bond acceptors (Lipinski definition) is 3. The molecule has 5 heteroatoms. The summed E-state index contributed by atoms with van der Waals surface area (Å²) in [5.41, 5.74) is 2.16. The van der Waals surface area contributed by atoms with Crippen molar-refractivity contribution >= 4 is 11.8 Å². The van der Waals surface area contributed by atoms with Crippen LogP contribution in [0.25, 0.3) is 11.3 Å². The van der Waals surface area contributed by atoms with Gasteiger partial charge in [0.15, 0.2) is 5.78 Å². The lowest BCUT2D eigenvalue weighted by Gasteiger charge is -2.04. The number of hydrogen-bond donors (Lipinski definition) is 2. The number of aromatic carboxylic acids is 1. The molecule has 5 nitrogen and oxygen atoms in total. The molecule has 1 heterocycles. The average molecular weight is 306 g/mol. The zero-order valence-corrected chi connectivity index (χ0v) is 12.2. The minimum atomic E-state index is -1.13. The zero-order valence-electron chi connectivity index (χ0n) is 12.2. The van der Waals surface area contributed by atoms with Gasteiger partial charge in [0.25, 0.3) is 0 Å². The fourth-order valence-corrected chi connectivity index (χ4v) is 2.44. The first kappa shape index (κ1) is 14.7. The second-order valence-electron chi connectivity index (χ2n) is 5.06. The van der Waals surface area contributed by atoms with Crippen LogP contribution in [0.5, 0.6) is 0 Å². The molecule has 114 valence electrons. The van der Waals surface area contributed by atoms with Gasteiger partial charge in [-0.15, -0.1) is 0 Å². The highest BCUT2D eigenvalue weighted by Gasteiger charge is 2.22. The Labute approximate surface area is 132 Å². The molecule has 2 N–H and O–H groups in total. The smallest absolute Gasteiger partial charge is 0.354 e. The summed E-state index contributed by atoms with van der Waals surface area (Å²) < 4.78 is 0. The van der Waals surface area contributed by atoms with Crippen LogP contribution in [0.3, 0.4) is 0 Å². The Bertz CT molecular complexity index is 839. The highest BCUT2D eigenvalue weighted by molar-refractivity contribution is 6.00. The second-order valence-corrected chi connectivity index (χ2v) is 5.06. The molecule has 3 rings (SSSR count). The van der Waals surface area contributed by atoms with Crippen molar-refractivity contribution in [2.75, 3.05) is 0 Å². The van der Waals surface area contributed by atoms with Crippen LogP contribution in [-0.4, -0.2) is 27.1 Å². The lowest BCUT2D eigenvalue weighted by Crippen LogP contribution is -2.08. The molecule has 0 fully saturated rings. The summed E-state index contributed by atoms with van der Waals surface area (Å²) in [5.74, 6) is -1.28. The highest BCUT2D eigenvalue weighted by Crippen LogP contribution is 2.25. The summed E-state index contributed by atoms with van der Waals surface area (Å²) in [7, 11) is 0. The van der Waals surface area contributed by atoms with E-state index in [0.29, 0.717) is 16.8 Å². The first-order chi connectivity index (χ1) is 11.2. The van der Waals surface area contributed by atoms with Gasteiger partial charge >= 0.3 is 5.97 Å². The van der Waals surface area contributed by atoms with Crippen molar-refractivity contribution < 1.29 is 14.7 Å². The summed E-state index contributed by atoms with van der Waals surface area (Å²) >= 11 is 0. The summed E-state index contributed by atoms with van der Waals surface area (Å²) in [4.78, 5) is 23.8. The molecule has 0 atom stereocenters. The number of aromatic amines is 1. The van der Waals surface area contributed by atoms with Crippen LogP contribution in [0.2, 0.25) is 0 Å². The third-order valence-electron chi connectivity index (χ3n) is 3.56. The SMILES string of the molecule is O=C(Cc1c(-c2ccccc2)n[nH]c1C(=O)O)c1ccccc1. The quantitative estimate of drug-likeness (QED) is 0.709. The first-order valence-corrected chi connectivity index (χ1v) is 7.11. The molecular weight excluding hydrogens is 292 g/mol. The predicted molar refractivity (Wildman–Crippen MR) is 85.5 cm³/mol. The van der Waals surface area contributed by atoms with Crippen LogP contribution in [-0.2, 0) is 6.42 Å². The zero-order chi connectivity index (χ0) is 16.2. The van der Waals surface area contributed by atoms with Gasteiger partial charge in [-0.3, -0.25) is 9.89 Å². The number of nitrogens with one attached hydrogen (secondary N) is 1. The van der Waals surface area contributed by atoms with Crippen molar-refractivity contribution in [1.82, 2.24) is 10.2 Å². The predicted octanol–water partition coefficient (Wildman–Crippen LogP) is 3.20. The summed E-state index contributed by atoms with van der Waals surface area (Å²) in [6.07, 6.45) is -0.0215. The maximum Gasteiger partial charge on any atom is 0.354 e. The number of nitrogens with zero attached hydrogens (tertiary/aromatic N) is 1. The molecule has 0 amide bonds. The molecule has 0 saturated carbocycles. The number of carbonyl (C=O) groups is 2. The topological polar surface area (TPSA) is 83.0 Å². The van der Waals surface area contributed by atoms with Crippen molar-refractivity contribution in [3.63, 3.8) is 0 Å². The van der Waals surface area contributed by atoms with Crippen LogP contribution in [0.1, 0.15) is 26.4 Å². The second kappa shape index (κ2) is 6.27. The standard InChI is InChI=1S/C18H14N2O3/c21-15(12-7-3-1-4-8-12)11-14-16(13-9-5-2-6-10-13)19-20-17(14)18(22)23/h1-10H,11H2,(H,19,20)(H,22,23). The van der Waals surface area contributed by atoms with Gasteiger partial charge in [0.1, 0.15) is 5.69 Å². The normalized spacial score (nSPS) is 10.4. The molecule has 0 spiro atoms. The lowest BCUT2D eigenvalue weighted by molar-refractivity contribution is 0.0689. The molecule has 23 heavy (non-hydrogen) atoms. The van der Waals surface area contributed by atoms with E-state index in [2.05, 4.69) is 10.2 Å². The molecule has 2 aromatic carbocycles. The first-order valence-electron chi connectivity index (χ1n) is 7.11. The molecular formula is C18H14N2O3. The number of carboxylic acids is 1. The number of ketones is 1. The van der Waals surface area contributed by atoms with Gasteiger partial charge in [0.2, 0.25) is 0 Å². The molecule has 1 aromatic heterocycles. The molecule has 0 radical (unpaired) electrons. The van der Waals surface area contributed by atoms with E-state index < -0.39 is 5.97 Å². The van der Waals surface area contributed by atoms with Gasteiger partial charge < -0.3 is 5.11 Å². The van der Waals surface area contributed by atoms with Gasteiger partial charge in [-0.05, 0) is 0 Å². The third-order valence-corrected chi connectivity index (χ3v) is 3.56. The number of aromatic nitrogens is 2. The van der Waals surface area contributed by atoms with Crippen LogP contribution < -0.4 is 0 Å². The van der Waals surface area contributed by atoms with Gasteiger partial charge in [0, 0.05) is 23.1 Å². The van der Waals surface area contributed by atoms with E-state index in [1.54, 1.807) is 24.3 Å². The fourth-order valence-electron chi connectivity index (χ4n) is 2.44. The number of benzene rings is 2. The lowest BCUT2D eigenvalue weighted by atomic mass is 9.98. The van der Waals surface area contributed by atoms with E-state index in [1.165, 1.54) is 0 Å². The van der Waals surface area contributed by atoms with Crippen molar-refractivity contribution in [2.45, 2.75) is 6.42 Å². The Balaban J connectivity index is 2.01. The maximum absolute atomic E-state index is 12.4. The van der Waals surface area contributed by atoms with Crippen LogP contribution in [0.15, 0.2) is 60.7 Å². The molecule has 0 bridgehead atoms. The van der Waals surface area contributed by atoms with Gasteiger partial charge in [0.05, 0.1) is 5.69 Å². The van der Waals surface area contributed by atoms with Crippen LogP contribution in [0, 0.1) is 0 Å². The molecule has 0 aliphatic heterocycles. The Morgan fingerprint density at radius 3 is 2.17 bits per heavy atom. The summed E-state index contributed by atoms with van der Waals surface area (Å²) in [5, 5.41) is 16.0. The minimum Gasteiger partial charge on any atom is -0.477 e. The van der Waals surface area contributed by atoms with Crippen LogP contribution in [0.4, 0.5) is 0 Å². The Hall–Kier alpha value is -3.21. The molecule has 0 saturated heterocycles.